The van der Waals surface area contributed by atoms with Gasteiger partial charge in [-0.15, -0.1) is 0 Å². The fraction of sp³-hybridized carbons (Fsp3) is 0.462. The quantitative estimate of drug-likeness (QED) is 0.858. The van der Waals surface area contributed by atoms with Crippen molar-refractivity contribution < 1.29 is 0 Å². The smallest absolute Gasteiger partial charge is 0.152 e. The molecule has 17 heavy (non-hydrogen) atoms. The van der Waals surface area contributed by atoms with Crippen LogP contribution in [0.2, 0.25) is 0 Å². The third-order valence-electron chi connectivity index (χ3n) is 3.37. The number of fused-ring (bicyclic) bond motifs is 1. The van der Waals surface area contributed by atoms with Gasteiger partial charge in [0.05, 0.1) is 0 Å². The minimum absolute atomic E-state index is 0.553. The summed E-state index contributed by atoms with van der Waals surface area (Å²) in [6.07, 6.45) is 11.7. The molecule has 4 nitrogen and oxygen atoms in total. The Kier molecular flexibility index (Phi) is 2.86. The number of nitrogens with zero attached hydrogens (tertiary/aromatic N) is 3. The number of nitrogens with one attached hydrogen (secondary N) is 1. The molecular formula is C13H16N4. The number of anilines is 1. The summed E-state index contributed by atoms with van der Waals surface area (Å²) in [7, 11) is 0. The number of aromatic nitrogens is 3. The predicted octanol–water partition coefficient (Wildman–Crippen LogP) is 2.77. The lowest BCUT2D eigenvalue weighted by Gasteiger charge is -2.23. The van der Waals surface area contributed by atoms with Crippen LogP contribution in [0.3, 0.4) is 0 Å². The molecule has 1 N–H and O–H groups in total. The molecule has 2 heterocycles. The van der Waals surface area contributed by atoms with Crippen molar-refractivity contribution in [3.63, 3.8) is 0 Å². The van der Waals surface area contributed by atoms with E-state index in [0.29, 0.717) is 6.04 Å². The van der Waals surface area contributed by atoms with Crippen molar-refractivity contribution in [3.05, 3.63) is 24.8 Å². The normalized spacial score (nSPS) is 17.2. The Labute approximate surface area is 101 Å². The van der Waals surface area contributed by atoms with Gasteiger partial charge in [-0.3, -0.25) is 0 Å². The van der Waals surface area contributed by atoms with Crippen molar-refractivity contribution in [1.29, 1.82) is 0 Å². The summed E-state index contributed by atoms with van der Waals surface area (Å²) in [5.41, 5.74) is 0.924. The molecule has 0 aromatic carbocycles. The molecule has 2 aromatic heterocycles. The van der Waals surface area contributed by atoms with E-state index in [1.807, 2.05) is 18.5 Å². The van der Waals surface area contributed by atoms with Crippen LogP contribution in [0.1, 0.15) is 32.1 Å². The summed E-state index contributed by atoms with van der Waals surface area (Å²) in [5, 5.41) is 4.56. The Bertz CT molecular complexity index is 500. The summed E-state index contributed by atoms with van der Waals surface area (Å²) in [5.74, 6) is 0.900. The van der Waals surface area contributed by atoms with Crippen molar-refractivity contribution >= 4 is 16.7 Å². The van der Waals surface area contributed by atoms with Gasteiger partial charge in [-0.2, -0.15) is 0 Å². The standard InChI is InChI=1S/C13H16N4/c1-2-4-11(5-3-1)17-13-12-10(6-7-15-13)8-14-9-16-12/h6-9,11H,1-5H2,(H,15,17). The molecule has 0 atom stereocenters. The first-order valence-electron chi connectivity index (χ1n) is 6.25. The molecule has 1 saturated carbocycles. The average Bonchev–Trinajstić information content (AvgIpc) is 2.40. The van der Waals surface area contributed by atoms with Gasteiger partial charge in [0.1, 0.15) is 11.8 Å². The first-order chi connectivity index (χ1) is 8.43. The molecular weight excluding hydrogens is 212 g/mol. The van der Waals surface area contributed by atoms with Crippen LogP contribution < -0.4 is 5.32 Å². The highest BCUT2D eigenvalue weighted by Crippen LogP contribution is 2.23. The molecule has 0 bridgehead atoms. The molecule has 4 heteroatoms. The highest BCUT2D eigenvalue weighted by Gasteiger charge is 2.14. The van der Waals surface area contributed by atoms with E-state index in [4.69, 9.17) is 0 Å². The minimum Gasteiger partial charge on any atom is -0.366 e. The van der Waals surface area contributed by atoms with E-state index >= 15 is 0 Å². The molecule has 1 fully saturated rings. The molecule has 1 aliphatic rings. The highest BCUT2D eigenvalue weighted by atomic mass is 15.0. The third-order valence-corrected chi connectivity index (χ3v) is 3.37. The number of hydrogen-bond acceptors (Lipinski definition) is 4. The van der Waals surface area contributed by atoms with E-state index in [1.54, 1.807) is 6.33 Å². The first-order valence-corrected chi connectivity index (χ1v) is 6.25. The lowest BCUT2D eigenvalue weighted by molar-refractivity contribution is 0.462. The highest BCUT2D eigenvalue weighted by molar-refractivity contribution is 5.87. The van der Waals surface area contributed by atoms with E-state index in [-0.39, 0.29) is 0 Å². The van der Waals surface area contributed by atoms with Crippen molar-refractivity contribution in [3.8, 4) is 0 Å². The zero-order valence-corrected chi connectivity index (χ0v) is 9.76. The molecule has 1 aliphatic carbocycles. The zero-order chi connectivity index (χ0) is 11.5. The average molecular weight is 228 g/mol. The molecule has 0 amide bonds. The van der Waals surface area contributed by atoms with Crippen molar-refractivity contribution in [2.75, 3.05) is 5.32 Å². The van der Waals surface area contributed by atoms with Gasteiger partial charge >= 0.3 is 0 Å². The molecule has 0 saturated heterocycles. The summed E-state index contributed by atoms with van der Waals surface area (Å²) < 4.78 is 0. The predicted molar refractivity (Wildman–Crippen MR) is 67.8 cm³/mol. The van der Waals surface area contributed by atoms with E-state index < -0.39 is 0 Å². The van der Waals surface area contributed by atoms with Crippen molar-refractivity contribution in [2.24, 2.45) is 0 Å². The Balaban J connectivity index is 1.89. The number of hydrogen-bond donors (Lipinski definition) is 1. The second kappa shape index (κ2) is 4.65. The van der Waals surface area contributed by atoms with Crippen LogP contribution in [0.25, 0.3) is 10.9 Å². The van der Waals surface area contributed by atoms with Crippen LogP contribution in [0.5, 0.6) is 0 Å². The maximum Gasteiger partial charge on any atom is 0.152 e. The van der Waals surface area contributed by atoms with Gasteiger partial charge in [0.2, 0.25) is 0 Å². The topological polar surface area (TPSA) is 50.7 Å². The molecule has 0 aliphatic heterocycles. The fourth-order valence-electron chi connectivity index (χ4n) is 2.46. The molecule has 3 rings (SSSR count). The van der Waals surface area contributed by atoms with Crippen molar-refractivity contribution in [2.45, 2.75) is 38.1 Å². The van der Waals surface area contributed by atoms with Crippen LogP contribution in [0.4, 0.5) is 5.82 Å². The van der Waals surface area contributed by atoms with Gasteiger partial charge < -0.3 is 5.32 Å². The van der Waals surface area contributed by atoms with Crippen molar-refractivity contribution in [1.82, 2.24) is 15.0 Å². The largest absolute Gasteiger partial charge is 0.366 e. The van der Waals surface area contributed by atoms with Crippen LogP contribution in [0, 0.1) is 0 Å². The summed E-state index contributed by atoms with van der Waals surface area (Å²) in [4.78, 5) is 12.7. The fourth-order valence-corrected chi connectivity index (χ4v) is 2.46. The second-order valence-electron chi connectivity index (χ2n) is 4.60. The van der Waals surface area contributed by atoms with E-state index in [9.17, 15) is 0 Å². The van der Waals surface area contributed by atoms with E-state index in [2.05, 4.69) is 20.3 Å². The van der Waals surface area contributed by atoms with Gasteiger partial charge in [0, 0.05) is 23.8 Å². The van der Waals surface area contributed by atoms with Crippen LogP contribution >= 0.6 is 0 Å². The summed E-state index contributed by atoms with van der Waals surface area (Å²) in [6, 6.07) is 2.50. The second-order valence-corrected chi connectivity index (χ2v) is 4.60. The summed E-state index contributed by atoms with van der Waals surface area (Å²) in [6.45, 7) is 0. The maximum absolute atomic E-state index is 4.40. The Morgan fingerprint density at radius 3 is 2.88 bits per heavy atom. The van der Waals surface area contributed by atoms with Gasteiger partial charge in [0.15, 0.2) is 5.82 Å². The van der Waals surface area contributed by atoms with E-state index in [1.165, 1.54) is 32.1 Å². The summed E-state index contributed by atoms with van der Waals surface area (Å²) >= 11 is 0. The first kappa shape index (κ1) is 10.4. The Morgan fingerprint density at radius 2 is 2.00 bits per heavy atom. The van der Waals surface area contributed by atoms with E-state index in [0.717, 1.165) is 16.7 Å². The third kappa shape index (κ3) is 2.20. The minimum atomic E-state index is 0.553. The van der Waals surface area contributed by atoms with Gasteiger partial charge in [-0.25, -0.2) is 15.0 Å². The SMILES string of the molecule is c1cc2cncnc2c(NC2CCCCC2)n1. The molecule has 2 aromatic rings. The van der Waals surface area contributed by atoms with Gasteiger partial charge in [0.25, 0.3) is 0 Å². The Hall–Kier alpha value is -1.71. The molecule has 0 radical (unpaired) electrons. The van der Waals surface area contributed by atoms with Gasteiger partial charge in [-0.05, 0) is 18.9 Å². The Morgan fingerprint density at radius 1 is 1.12 bits per heavy atom. The maximum atomic E-state index is 4.40. The number of pyridine rings is 1. The monoisotopic (exact) mass is 228 g/mol. The van der Waals surface area contributed by atoms with Crippen LogP contribution in [0.15, 0.2) is 24.8 Å². The van der Waals surface area contributed by atoms with Crippen LogP contribution in [-0.4, -0.2) is 21.0 Å². The van der Waals surface area contributed by atoms with Gasteiger partial charge in [-0.1, -0.05) is 19.3 Å². The lowest BCUT2D eigenvalue weighted by Crippen LogP contribution is -2.23. The lowest BCUT2D eigenvalue weighted by atomic mass is 9.95. The molecule has 88 valence electrons. The molecule has 0 spiro atoms. The number of rotatable bonds is 2. The van der Waals surface area contributed by atoms with Crippen LogP contribution in [-0.2, 0) is 0 Å². The zero-order valence-electron chi connectivity index (χ0n) is 9.76. The molecule has 0 unspecified atom stereocenters.